The van der Waals surface area contributed by atoms with E-state index in [9.17, 15) is 5.26 Å². The minimum atomic E-state index is -5.03. The van der Waals surface area contributed by atoms with Crippen LogP contribution >= 0.6 is 0 Å². The van der Waals surface area contributed by atoms with Crippen LogP contribution in [0.2, 0.25) is 0 Å². The van der Waals surface area contributed by atoms with Gasteiger partial charge < -0.3 is 13.7 Å². The molecule has 13 aromatic rings. The predicted molar refractivity (Wildman–Crippen MR) is 283 cm³/mol. The first kappa shape index (κ1) is 49.1. The fourth-order valence-corrected chi connectivity index (χ4v) is 11.4. The van der Waals surface area contributed by atoms with Gasteiger partial charge in [0.2, 0.25) is 0 Å². The lowest BCUT2D eigenvalue weighted by molar-refractivity contribution is -0.138. The molecule has 0 amide bonds. The zero-order valence-corrected chi connectivity index (χ0v) is 40.3. The first-order valence-corrected chi connectivity index (χ1v) is 24.3. The van der Waals surface area contributed by atoms with Crippen LogP contribution in [0.3, 0.4) is 0 Å². The molecule has 0 aliphatic rings. The SMILES string of the molecule is N#Cc1c(-c2ccccc2)c(-n2c3cc(C(F)(F)F)ccc3c3ccc(C(F)(F)F)cc32)c(-n2c3ccccc3c3ccc4ccccc4c32)c(-n2c3cc(C(F)(F)F)ccc3c3ccc(C(F)(F)F)cc32)c1-c1ccccc1. The number of para-hydroxylation sites is 1. The summed E-state index contributed by atoms with van der Waals surface area (Å²) in [7, 11) is 0. The van der Waals surface area contributed by atoms with Gasteiger partial charge in [-0.15, -0.1) is 0 Å². The van der Waals surface area contributed by atoms with Gasteiger partial charge in [0.25, 0.3) is 0 Å². The van der Waals surface area contributed by atoms with Crippen molar-refractivity contribution in [1.82, 2.24) is 13.7 Å². The molecular weight excluding hydrogens is 1040 g/mol. The summed E-state index contributed by atoms with van der Waals surface area (Å²) >= 11 is 0. The summed E-state index contributed by atoms with van der Waals surface area (Å²) in [4.78, 5) is 0. The third-order valence-corrected chi connectivity index (χ3v) is 14.7. The number of hydrogen-bond acceptors (Lipinski definition) is 1. The second kappa shape index (κ2) is 17.3. The Labute approximate surface area is 438 Å². The number of hydrogen-bond donors (Lipinski definition) is 0. The third kappa shape index (κ3) is 7.61. The molecule has 0 saturated heterocycles. The molecule has 0 fully saturated rings. The summed E-state index contributed by atoms with van der Waals surface area (Å²) < 4.78 is 187. The van der Waals surface area contributed by atoms with E-state index < -0.39 is 47.0 Å². The van der Waals surface area contributed by atoms with E-state index in [1.54, 1.807) is 108 Å². The molecule has 3 heterocycles. The van der Waals surface area contributed by atoms with Crippen molar-refractivity contribution < 1.29 is 52.7 Å². The Kier molecular flexibility index (Phi) is 10.7. The van der Waals surface area contributed by atoms with Crippen LogP contribution in [-0.4, -0.2) is 13.7 Å². The van der Waals surface area contributed by atoms with Crippen molar-refractivity contribution >= 4 is 76.2 Å². The standard InChI is InChI=1S/C63H32F12N4/c64-60(65,66)37-20-25-43-44-26-21-38(61(67,68)69)30-51(44)77(50(43)29-37)57-54(35-12-3-1-4-13-35)48(33-76)55(36-14-5-2-6-15-36)58(59(57)79-49-18-10-9-17-42(49)47-24-19-34-11-7-8-16-41(34)56(47)79)78-52-31-39(62(70,71)72)22-27-45(52)46-28-23-40(32-53(46)78)63(73,74)75/h1-32H. The largest absolute Gasteiger partial charge is 0.416 e. The molecule has 10 aromatic carbocycles. The Morgan fingerprint density at radius 1 is 0.304 bits per heavy atom. The van der Waals surface area contributed by atoms with Gasteiger partial charge in [-0.05, 0) is 71.1 Å². The number of nitriles is 1. The predicted octanol–water partition coefficient (Wildman–Crippen LogP) is 19.4. The van der Waals surface area contributed by atoms with Gasteiger partial charge >= 0.3 is 24.7 Å². The molecule has 0 aliphatic carbocycles. The maximum absolute atomic E-state index is 15.2. The number of halogens is 12. The molecule has 0 unspecified atom stereocenters. The topological polar surface area (TPSA) is 38.6 Å². The van der Waals surface area contributed by atoms with Crippen LogP contribution in [0.4, 0.5) is 52.7 Å². The molecule has 0 aliphatic heterocycles. The number of aromatic nitrogens is 3. The van der Waals surface area contributed by atoms with Crippen LogP contribution in [0.5, 0.6) is 0 Å². The van der Waals surface area contributed by atoms with Crippen molar-refractivity contribution in [1.29, 1.82) is 5.26 Å². The molecule has 4 nitrogen and oxygen atoms in total. The summed E-state index contributed by atoms with van der Waals surface area (Å²) in [5.41, 5.74) is -5.76. The van der Waals surface area contributed by atoms with E-state index in [1.807, 2.05) is 18.2 Å². The third-order valence-electron chi connectivity index (χ3n) is 14.7. The fraction of sp³-hybridized carbons (Fsp3) is 0.0635. The minimum absolute atomic E-state index is 0.0445. The summed E-state index contributed by atoms with van der Waals surface area (Å²) in [6, 6.07) is 47.1. The van der Waals surface area contributed by atoms with E-state index in [1.165, 1.54) is 9.13 Å². The summed E-state index contributed by atoms with van der Waals surface area (Å²) in [6.45, 7) is 0. The first-order chi connectivity index (χ1) is 37.7. The Balaban J connectivity index is 1.44. The molecule has 388 valence electrons. The summed E-state index contributed by atoms with van der Waals surface area (Å²) in [5.74, 6) is 0. The van der Waals surface area contributed by atoms with E-state index >= 15 is 52.7 Å². The van der Waals surface area contributed by atoms with Crippen molar-refractivity contribution in [3.63, 3.8) is 0 Å². The molecule has 0 N–H and O–H groups in total. The molecule has 0 atom stereocenters. The summed E-state index contributed by atoms with van der Waals surface area (Å²) in [5, 5.41) is 14.6. The van der Waals surface area contributed by atoms with E-state index in [4.69, 9.17) is 0 Å². The second-order valence-corrected chi connectivity index (χ2v) is 19.1. The van der Waals surface area contributed by atoms with Crippen molar-refractivity contribution in [2.75, 3.05) is 0 Å². The van der Waals surface area contributed by atoms with Crippen LogP contribution in [0.25, 0.3) is 116 Å². The van der Waals surface area contributed by atoms with Gasteiger partial charge in [0.05, 0.1) is 78.0 Å². The Morgan fingerprint density at radius 2 is 0.646 bits per heavy atom. The van der Waals surface area contributed by atoms with Gasteiger partial charge in [-0.2, -0.15) is 57.9 Å². The van der Waals surface area contributed by atoms with Crippen molar-refractivity contribution in [3.05, 3.63) is 222 Å². The quantitative estimate of drug-likeness (QED) is 0.158. The maximum atomic E-state index is 15.2. The Hall–Kier alpha value is -9.49. The Morgan fingerprint density at radius 3 is 1.04 bits per heavy atom. The van der Waals surface area contributed by atoms with E-state index in [-0.39, 0.29) is 88.5 Å². The van der Waals surface area contributed by atoms with Crippen LogP contribution in [-0.2, 0) is 24.7 Å². The molecule has 13 rings (SSSR count). The molecule has 0 bridgehead atoms. The average molecular weight is 1070 g/mol. The molecule has 79 heavy (non-hydrogen) atoms. The summed E-state index contributed by atoms with van der Waals surface area (Å²) in [6.07, 6.45) is -20.1. The minimum Gasteiger partial charge on any atom is -0.306 e. The number of benzene rings is 10. The van der Waals surface area contributed by atoms with E-state index in [2.05, 4.69) is 6.07 Å². The average Bonchev–Trinajstić information content (AvgIpc) is 4.13. The molecule has 0 saturated carbocycles. The number of alkyl halides is 12. The maximum Gasteiger partial charge on any atom is 0.416 e. The van der Waals surface area contributed by atoms with Gasteiger partial charge in [0.15, 0.2) is 0 Å². The molecule has 16 heteroatoms. The monoisotopic (exact) mass is 1070 g/mol. The van der Waals surface area contributed by atoms with E-state index in [0.29, 0.717) is 32.6 Å². The number of fused-ring (bicyclic) bond motifs is 11. The normalized spacial score (nSPS) is 12.8. The fourth-order valence-electron chi connectivity index (χ4n) is 11.4. The highest BCUT2D eigenvalue weighted by Gasteiger charge is 2.39. The smallest absolute Gasteiger partial charge is 0.306 e. The highest BCUT2D eigenvalue weighted by molar-refractivity contribution is 6.21. The first-order valence-electron chi connectivity index (χ1n) is 24.3. The van der Waals surface area contributed by atoms with Gasteiger partial charge in [-0.25, -0.2) is 0 Å². The van der Waals surface area contributed by atoms with Gasteiger partial charge in [0.1, 0.15) is 6.07 Å². The van der Waals surface area contributed by atoms with Crippen molar-refractivity contribution in [2.45, 2.75) is 24.7 Å². The highest BCUT2D eigenvalue weighted by Crippen LogP contribution is 2.54. The lowest BCUT2D eigenvalue weighted by Gasteiger charge is -2.29. The number of nitrogens with zero attached hydrogens (tertiary/aromatic N) is 4. The number of rotatable bonds is 5. The van der Waals surface area contributed by atoms with Crippen LogP contribution in [0.15, 0.2) is 194 Å². The van der Waals surface area contributed by atoms with Crippen LogP contribution < -0.4 is 0 Å². The van der Waals surface area contributed by atoms with Gasteiger partial charge in [-0.1, -0.05) is 140 Å². The van der Waals surface area contributed by atoms with Crippen LogP contribution in [0.1, 0.15) is 27.8 Å². The molecule has 0 radical (unpaired) electrons. The van der Waals surface area contributed by atoms with Gasteiger partial charge in [0, 0.05) is 48.8 Å². The zero-order valence-electron chi connectivity index (χ0n) is 40.3. The lowest BCUT2D eigenvalue weighted by Crippen LogP contribution is -2.15. The van der Waals surface area contributed by atoms with Crippen LogP contribution in [0, 0.1) is 11.3 Å². The van der Waals surface area contributed by atoms with Crippen molar-refractivity contribution in [2.24, 2.45) is 0 Å². The molecule has 3 aromatic heterocycles. The molecule has 0 spiro atoms. The Bertz CT molecular complexity index is 4360. The van der Waals surface area contributed by atoms with Gasteiger partial charge in [-0.3, -0.25) is 0 Å². The van der Waals surface area contributed by atoms with E-state index in [0.717, 1.165) is 72.8 Å². The van der Waals surface area contributed by atoms with Crippen molar-refractivity contribution in [3.8, 4) is 45.4 Å². The zero-order chi connectivity index (χ0) is 55.1. The molecular formula is C63H32F12N4. The highest BCUT2D eigenvalue weighted by atomic mass is 19.4. The lowest BCUT2D eigenvalue weighted by atomic mass is 9.87. The second-order valence-electron chi connectivity index (χ2n) is 19.1.